The molecule has 0 aliphatic rings. The fourth-order valence-corrected chi connectivity index (χ4v) is 4.23. The van der Waals surface area contributed by atoms with Gasteiger partial charge in [-0.15, -0.1) is 0 Å². The minimum atomic E-state index is -3.72. The van der Waals surface area contributed by atoms with Crippen molar-refractivity contribution in [3.63, 3.8) is 0 Å². The number of sulfonamides is 1. The molecule has 10 heteroatoms. The number of fused-ring (bicyclic) bond motifs is 1. The molecule has 0 radical (unpaired) electrons. The highest BCUT2D eigenvalue weighted by Gasteiger charge is 2.16. The Hall–Kier alpha value is -3.50. The van der Waals surface area contributed by atoms with E-state index in [2.05, 4.69) is 9.71 Å². The van der Waals surface area contributed by atoms with Gasteiger partial charge in [-0.3, -0.25) is 18.9 Å². The maximum atomic E-state index is 12.6. The van der Waals surface area contributed by atoms with Crippen LogP contribution in [0.25, 0.3) is 16.7 Å². The van der Waals surface area contributed by atoms with E-state index in [4.69, 9.17) is 0 Å². The third-order valence-corrected chi connectivity index (χ3v) is 6.32. The first kappa shape index (κ1) is 19.8. The molecule has 4 aromatic rings. The molecule has 154 valence electrons. The van der Waals surface area contributed by atoms with Crippen LogP contribution in [0.2, 0.25) is 0 Å². The van der Waals surface area contributed by atoms with Gasteiger partial charge in [0.25, 0.3) is 5.56 Å². The Kier molecular flexibility index (Phi) is 4.88. The van der Waals surface area contributed by atoms with Crippen molar-refractivity contribution in [1.29, 1.82) is 0 Å². The Morgan fingerprint density at radius 3 is 2.37 bits per heavy atom. The van der Waals surface area contributed by atoms with Crippen molar-refractivity contribution < 1.29 is 8.42 Å². The van der Waals surface area contributed by atoms with Crippen LogP contribution >= 0.6 is 0 Å². The third-order valence-electron chi connectivity index (χ3n) is 4.90. The molecule has 0 saturated carbocycles. The van der Waals surface area contributed by atoms with Gasteiger partial charge in [0.2, 0.25) is 10.0 Å². The van der Waals surface area contributed by atoms with E-state index in [0.717, 1.165) is 4.57 Å². The molecule has 0 spiro atoms. The number of pyridine rings is 1. The van der Waals surface area contributed by atoms with Gasteiger partial charge in [-0.1, -0.05) is 6.07 Å². The van der Waals surface area contributed by atoms with E-state index < -0.39 is 21.3 Å². The van der Waals surface area contributed by atoms with Crippen molar-refractivity contribution in [3.05, 3.63) is 87.5 Å². The largest absolute Gasteiger partial charge is 0.331 e. The van der Waals surface area contributed by atoms with Gasteiger partial charge in [-0.05, 0) is 42.5 Å². The van der Waals surface area contributed by atoms with E-state index in [-0.39, 0.29) is 11.4 Å². The fourth-order valence-electron chi connectivity index (χ4n) is 3.24. The summed E-state index contributed by atoms with van der Waals surface area (Å²) >= 11 is 0. The summed E-state index contributed by atoms with van der Waals surface area (Å²) in [5.41, 5.74) is 1.21. The lowest BCUT2D eigenvalue weighted by Gasteiger charge is -2.10. The number of aromatic nitrogens is 4. The maximum Gasteiger partial charge on any atom is 0.331 e. The Morgan fingerprint density at radius 2 is 1.70 bits per heavy atom. The van der Waals surface area contributed by atoms with Crippen LogP contribution in [0.3, 0.4) is 0 Å². The van der Waals surface area contributed by atoms with E-state index in [0.29, 0.717) is 22.4 Å². The van der Waals surface area contributed by atoms with Gasteiger partial charge in [0.1, 0.15) is 5.52 Å². The first-order valence-electron chi connectivity index (χ1n) is 9.07. The van der Waals surface area contributed by atoms with E-state index in [1.54, 1.807) is 60.4 Å². The summed E-state index contributed by atoms with van der Waals surface area (Å²) in [6.45, 7) is 0.0806. The normalized spacial score (nSPS) is 11.8. The minimum Gasteiger partial charge on any atom is -0.311 e. The summed E-state index contributed by atoms with van der Waals surface area (Å²) < 4.78 is 31.7. The summed E-state index contributed by atoms with van der Waals surface area (Å²) in [6.07, 6.45) is 3.27. The Morgan fingerprint density at radius 1 is 0.967 bits per heavy atom. The van der Waals surface area contributed by atoms with Crippen LogP contribution in [0.15, 0.2) is 75.4 Å². The molecule has 0 aliphatic carbocycles. The highest BCUT2D eigenvalue weighted by molar-refractivity contribution is 7.89. The van der Waals surface area contributed by atoms with Gasteiger partial charge in [-0.2, -0.15) is 0 Å². The van der Waals surface area contributed by atoms with Gasteiger partial charge in [0.15, 0.2) is 0 Å². The van der Waals surface area contributed by atoms with Crippen molar-refractivity contribution in [2.45, 2.75) is 11.4 Å². The smallest absolute Gasteiger partial charge is 0.311 e. The second-order valence-electron chi connectivity index (χ2n) is 6.76. The third kappa shape index (κ3) is 3.36. The van der Waals surface area contributed by atoms with Crippen molar-refractivity contribution in [2.75, 3.05) is 0 Å². The van der Waals surface area contributed by atoms with Gasteiger partial charge >= 0.3 is 5.69 Å². The molecule has 1 N–H and O–H groups in total. The van der Waals surface area contributed by atoms with Crippen LogP contribution in [-0.4, -0.2) is 27.1 Å². The van der Waals surface area contributed by atoms with Crippen molar-refractivity contribution in [3.8, 4) is 5.69 Å². The molecule has 3 aromatic heterocycles. The Bertz CT molecular complexity index is 1450. The first-order chi connectivity index (χ1) is 14.3. The number of hydrogen-bond acceptors (Lipinski definition) is 5. The van der Waals surface area contributed by atoms with Crippen LogP contribution in [0.5, 0.6) is 0 Å². The quantitative estimate of drug-likeness (QED) is 0.511. The zero-order valence-corrected chi connectivity index (χ0v) is 17.1. The second-order valence-corrected chi connectivity index (χ2v) is 8.53. The molecule has 0 fully saturated rings. The first-order valence-corrected chi connectivity index (χ1v) is 10.5. The summed E-state index contributed by atoms with van der Waals surface area (Å²) in [5, 5.41) is 0. The lowest BCUT2D eigenvalue weighted by atomic mass is 10.3. The van der Waals surface area contributed by atoms with Gasteiger partial charge < -0.3 is 4.57 Å². The predicted octanol–water partition coefficient (Wildman–Crippen LogP) is 0.901. The van der Waals surface area contributed by atoms with Crippen LogP contribution in [0.4, 0.5) is 0 Å². The number of nitrogens with zero attached hydrogens (tertiary/aromatic N) is 4. The zero-order valence-electron chi connectivity index (χ0n) is 16.3. The predicted molar refractivity (Wildman–Crippen MR) is 112 cm³/mol. The lowest BCUT2D eigenvalue weighted by Crippen LogP contribution is -2.37. The Balaban J connectivity index is 1.67. The number of rotatable bonds is 5. The van der Waals surface area contributed by atoms with Crippen LogP contribution in [0, 0.1) is 0 Å². The van der Waals surface area contributed by atoms with E-state index in [1.807, 2.05) is 0 Å². The molecule has 30 heavy (non-hydrogen) atoms. The van der Waals surface area contributed by atoms with Crippen molar-refractivity contribution >= 4 is 21.1 Å². The molecule has 0 amide bonds. The molecule has 0 unspecified atom stereocenters. The standard InChI is InChI=1S/C20H19N5O4S/c1-23-17-10-12-25(18(17)19(26)24(2)20(23)27)15-6-8-16(9-7-15)30(28,29)22-13-14-5-3-4-11-21-14/h3-12,22H,13H2,1-2H3. The van der Waals surface area contributed by atoms with Gasteiger partial charge in [-0.25, -0.2) is 17.9 Å². The number of aryl methyl sites for hydroxylation is 1. The average Bonchev–Trinajstić information content (AvgIpc) is 3.21. The molecule has 3 heterocycles. The van der Waals surface area contributed by atoms with Crippen LogP contribution < -0.4 is 16.0 Å². The summed E-state index contributed by atoms with van der Waals surface area (Å²) in [7, 11) is -0.709. The molecule has 0 aliphatic heterocycles. The van der Waals surface area contributed by atoms with Crippen molar-refractivity contribution in [1.82, 2.24) is 23.4 Å². The number of nitrogens with one attached hydrogen (secondary N) is 1. The average molecular weight is 425 g/mol. The number of hydrogen-bond donors (Lipinski definition) is 1. The zero-order chi connectivity index (χ0) is 21.5. The van der Waals surface area contributed by atoms with E-state index in [9.17, 15) is 18.0 Å². The summed E-state index contributed by atoms with van der Waals surface area (Å²) in [4.78, 5) is 28.9. The lowest BCUT2D eigenvalue weighted by molar-refractivity contribution is 0.580. The maximum absolute atomic E-state index is 12.6. The molecule has 9 nitrogen and oxygen atoms in total. The highest BCUT2D eigenvalue weighted by Crippen LogP contribution is 2.19. The fraction of sp³-hybridized carbons (Fsp3) is 0.150. The topological polar surface area (TPSA) is 108 Å². The van der Waals surface area contributed by atoms with Crippen LogP contribution in [0.1, 0.15) is 5.69 Å². The minimum absolute atomic E-state index is 0.0806. The molecular weight excluding hydrogens is 406 g/mol. The molecule has 0 saturated heterocycles. The summed E-state index contributed by atoms with van der Waals surface area (Å²) in [5.74, 6) is 0. The summed E-state index contributed by atoms with van der Waals surface area (Å²) in [6, 6.07) is 13.1. The second kappa shape index (κ2) is 7.39. The monoisotopic (exact) mass is 425 g/mol. The SMILES string of the molecule is Cn1c(=O)c2c(ccn2-c2ccc(S(=O)(=O)NCc3ccccn3)cc2)n(C)c1=O. The molecular formula is C20H19N5O4S. The van der Waals surface area contributed by atoms with Gasteiger partial charge in [0.05, 0.1) is 22.7 Å². The van der Waals surface area contributed by atoms with E-state index >= 15 is 0 Å². The molecule has 0 bridgehead atoms. The molecule has 0 atom stereocenters. The van der Waals surface area contributed by atoms with Crippen molar-refractivity contribution in [2.24, 2.45) is 14.1 Å². The van der Waals surface area contributed by atoms with E-state index in [1.165, 1.54) is 23.7 Å². The van der Waals surface area contributed by atoms with Gasteiger partial charge in [0, 0.05) is 32.2 Å². The van der Waals surface area contributed by atoms with Crippen LogP contribution in [-0.2, 0) is 30.7 Å². The Labute approximate surface area is 171 Å². The molecule has 1 aromatic carbocycles. The number of benzene rings is 1. The highest BCUT2D eigenvalue weighted by atomic mass is 32.2. The molecule has 4 rings (SSSR count).